The topological polar surface area (TPSA) is 0 Å². The molecule has 0 nitrogen and oxygen atoms in total. The molecule has 0 fully saturated rings. The molecule has 4 rings (SSSR count). The van der Waals surface area contributed by atoms with Crippen LogP contribution in [0.25, 0.3) is 20.2 Å². The van der Waals surface area contributed by atoms with Crippen molar-refractivity contribution in [3.05, 3.63) is 60.7 Å². The average molecular weight is 325 g/mol. The molecule has 0 aliphatic rings. The zero-order valence-electron chi connectivity index (χ0n) is 12.1. The molecule has 0 amide bonds. The second-order valence-corrected chi connectivity index (χ2v) is 13.1. The van der Waals surface area contributed by atoms with E-state index in [1.54, 1.807) is 9.00 Å². The van der Waals surface area contributed by atoms with Crippen LogP contribution < -0.4 is 9.00 Å². The quantitative estimate of drug-likeness (QED) is 0.458. The Morgan fingerprint density at radius 3 is 1.52 bits per heavy atom. The lowest BCUT2D eigenvalue weighted by molar-refractivity contribution is 1.84. The van der Waals surface area contributed by atoms with Gasteiger partial charge in [0.1, 0.15) is 8.07 Å². The predicted octanol–water partition coefficient (Wildman–Crippen LogP) is 4.94. The van der Waals surface area contributed by atoms with Crippen molar-refractivity contribution in [1.29, 1.82) is 0 Å². The molecule has 0 unspecified atom stereocenters. The molecule has 0 spiro atoms. The summed E-state index contributed by atoms with van der Waals surface area (Å²) in [6.07, 6.45) is 0. The Labute approximate surface area is 133 Å². The summed E-state index contributed by atoms with van der Waals surface area (Å²) >= 11 is 3.95. The molecule has 0 aliphatic heterocycles. The first-order valence-electron chi connectivity index (χ1n) is 7.13. The molecule has 104 valence electrons. The number of rotatable bonds is 2. The molecular weight excluding hydrogens is 308 g/mol. The van der Waals surface area contributed by atoms with Crippen LogP contribution in [0.4, 0.5) is 0 Å². The van der Waals surface area contributed by atoms with Gasteiger partial charge in [-0.25, -0.2) is 0 Å². The highest BCUT2D eigenvalue weighted by Crippen LogP contribution is 2.25. The van der Waals surface area contributed by atoms with Crippen LogP contribution >= 0.6 is 22.7 Å². The van der Waals surface area contributed by atoms with Crippen LogP contribution in [0.5, 0.6) is 0 Å². The van der Waals surface area contributed by atoms with E-state index in [-0.39, 0.29) is 0 Å². The highest BCUT2D eigenvalue weighted by molar-refractivity contribution is 7.40. The highest BCUT2D eigenvalue weighted by Gasteiger charge is 2.30. The van der Waals surface area contributed by atoms with Crippen molar-refractivity contribution in [2.75, 3.05) is 0 Å². The fourth-order valence-corrected chi connectivity index (χ4v) is 9.16. The number of benzene rings is 2. The lowest BCUT2D eigenvalue weighted by Crippen LogP contribution is -2.49. The van der Waals surface area contributed by atoms with E-state index in [2.05, 4.69) is 73.8 Å². The fraction of sp³-hybridized carbons (Fsp3) is 0.111. The summed E-state index contributed by atoms with van der Waals surface area (Å²) in [7, 11) is -1.58. The van der Waals surface area contributed by atoms with Crippen molar-refractivity contribution in [3.63, 3.8) is 0 Å². The molecule has 0 saturated heterocycles. The van der Waals surface area contributed by atoms with E-state index in [1.165, 1.54) is 20.2 Å². The van der Waals surface area contributed by atoms with Gasteiger partial charge in [-0.1, -0.05) is 49.5 Å². The lowest BCUT2D eigenvalue weighted by Gasteiger charge is -2.18. The van der Waals surface area contributed by atoms with Gasteiger partial charge < -0.3 is 0 Å². The lowest BCUT2D eigenvalue weighted by atomic mass is 10.3. The van der Waals surface area contributed by atoms with Crippen LogP contribution in [0.1, 0.15) is 0 Å². The van der Waals surface area contributed by atoms with E-state index in [0.717, 1.165) is 0 Å². The molecule has 0 atom stereocenters. The van der Waals surface area contributed by atoms with E-state index in [9.17, 15) is 0 Å². The van der Waals surface area contributed by atoms with Gasteiger partial charge in [0.15, 0.2) is 0 Å². The van der Waals surface area contributed by atoms with Gasteiger partial charge in [0, 0.05) is 9.40 Å². The first-order chi connectivity index (χ1) is 10.1. The first-order valence-corrected chi connectivity index (χ1v) is 11.8. The van der Waals surface area contributed by atoms with Crippen molar-refractivity contribution >= 4 is 59.9 Å². The Bertz CT molecular complexity index is 788. The summed E-state index contributed by atoms with van der Waals surface area (Å²) in [5, 5.41) is 2.78. The van der Waals surface area contributed by atoms with Gasteiger partial charge in [0.25, 0.3) is 0 Å². The van der Waals surface area contributed by atoms with Crippen LogP contribution in [0.15, 0.2) is 60.7 Å². The molecule has 0 saturated carbocycles. The Balaban J connectivity index is 1.87. The maximum Gasteiger partial charge on any atom is 0.137 e. The maximum atomic E-state index is 2.47. The number of thiophene rings is 2. The van der Waals surface area contributed by atoms with Crippen LogP contribution in [0.2, 0.25) is 13.1 Å². The van der Waals surface area contributed by atoms with Gasteiger partial charge in [0.05, 0.1) is 0 Å². The van der Waals surface area contributed by atoms with Gasteiger partial charge >= 0.3 is 0 Å². The van der Waals surface area contributed by atoms with Crippen molar-refractivity contribution in [2.24, 2.45) is 0 Å². The predicted molar refractivity (Wildman–Crippen MR) is 100 cm³/mol. The molecule has 0 N–H and O–H groups in total. The Morgan fingerprint density at radius 1 is 0.667 bits per heavy atom. The number of hydrogen-bond acceptors (Lipinski definition) is 2. The van der Waals surface area contributed by atoms with Gasteiger partial charge in [-0.05, 0) is 44.0 Å². The summed E-state index contributed by atoms with van der Waals surface area (Å²) in [5.41, 5.74) is 0. The van der Waals surface area contributed by atoms with Crippen LogP contribution in [-0.2, 0) is 0 Å². The first kappa shape index (κ1) is 13.3. The molecule has 21 heavy (non-hydrogen) atoms. The monoisotopic (exact) mass is 324 g/mol. The summed E-state index contributed by atoms with van der Waals surface area (Å²) in [6.45, 7) is 4.95. The standard InChI is InChI=1S/C18H16S2Si/c1-21(2,17-11-13-7-3-5-9-15(13)19-17)18-12-14-8-4-6-10-16(14)20-18/h3-12H,1-2H3. The van der Waals surface area contributed by atoms with E-state index in [1.807, 2.05) is 22.7 Å². The van der Waals surface area contributed by atoms with E-state index >= 15 is 0 Å². The molecule has 0 bridgehead atoms. The minimum atomic E-state index is -1.58. The molecule has 3 heteroatoms. The Kier molecular flexibility index (Phi) is 3.03. The molecule has 2 aromatic heterocycles. The normalized spacial score (nSPS) is 12.3. The van der Waals surface area contributed by atoms with E-state index in [4.69, 9.17) is 0 Å². The number of hydrogen-bond donors (Lipinski definition) is 0. The van der Waals surface area contributed by atoms with E-state index < -0.39 is 8.07 Å². The number of fused-ring (bicyclic) bond motifs is 2. The smallest absolute Gasteiger partial charge is 0.137 e. The van der Waals surface area contributed by atoms with Gasteiger partial charge in [-0.15, -0.1) is 22.7 Å². The van der Waals surface area contributed by atoms with Crippen LogP contribution in [0, 0.1) is 0 Å². The molecule has 4 aromatic rings. The van der Waals surface area contributed by atoms with Crippen molar-refractivity contribution in [1.82, 2.24) is 0 Å². The van der Waals surface area contributed by atoms with Gasteiger partial charge in [-0.2, -0.15) is 0 Å². The minimum absolute atomic E-state index is 1.39. The molecule has 2 heterocycles. The Hall–Kier alpha value is -1.42. The average Bonchev–Trinajstić information content (AvgIpc) is 3.11. The zero-order valence-corrected chi connectivity index (χ0v) is 14.7. The summed E-state index contributed by atoms with van der Waals surface area (Å²) in [4.78, 5) is 0. The van der Waals surface area contributed by atoms with Crippen LogP contribution in [0.3, 0.4) is 0 Å². The zero-order chi connectivity index (χ0) is 14.4. The molecule has 0 aliphatic carbocycles. The molecular formula is C18H16S2Si. The SMILES string of the molecule is C[Si](C)(c1cc2ccccc2s1)c1cc2ccccc2s1. The van der Waals surface area contributed by atoms with Gasteiger partial charge in [0.2, 0.25) is 0 Å². The second kappa shape index (κ2) is 4.80. The summed E-state index contributed by atoms with van der Waals surface area (Å²) in [5.74, 6) is 0. The third-order valence-corrected chi connectivity index (χ3v) is 12.4. The van der Waals surface area contributed by atoms with E-state index in [0.29, 0.717) is 0 Å². The fourth-order valence-electron chi connectivity index (χ4n) is 2.70. The van der Waals surface area contributed by atoms with Crippen molar-refractivity contribution in [3.8, 4) is 0 Å². The largest absolute Gasteiger partial charge is 0.144 e. The minimum Gasteiger partial charge on any atom is -0.144 e. The summed E-state index contributed by atoms with van der Waals surface area (Å²) in [6, 6.07) is 22.3. The molecule has 2 aromatic carbocycles. The molecule has 0 radical (unpaired) electrons. The third kappa shape index (κ3) is 2.16. The van der Waals surface area contributed by atoms with Gasteiger partial charge in [-0.3, -0.25) is 0 Å². The maximum absolute atomic E-state index is 2.47. The second-order valence-electron chi connectivity index (χ2n) is 5.92. The third-order valence-electron chi connectivity index (χ3n) is 4.08. The Morgan fingerprint density at radius 2 is 1.10 bits per heavy atom. The summed E-state index contributed by atoms with van der Waals surface area (Å²) < 4.78 is 5.98. The van der Waals surface area contributed by atoms with Crippen LogP contribution in [-0.4, -0.2) is 8.07 Å². The van der Waals surface area contributed by atoms with Crippen molar-refractivity contribution in [2.45, 2.75) is 13.1 Å². The highest BCUT2D eigenvalue weighted by atomic mass is 32.1. The van der Waals surface area contributed by atoms with Crippen molar-refractivity contribution < 1.29 is 0 Å².